The van der Waals surface area contributed by atoms with Gasteiger partial charge in [0.2, 0.25) is 5.91 Å². The van der Waals surface area contributed by atoms with E-state index in [1.165, 1.54) is 0 Å². The first kappa shape index (κ1) is 14.7. The first-order valence-corrected chi connectivity index (χ1v) is 5.54. The van der Waals surface area contributed by atoms with Crippen LogP contribution < -0.4 is 16.4 Å². The van der Waals surface area contributed by atoms with Gasteiger partial charge in [0.25, 0.3) is 0 Å². The molecule has 0 saturated heterocycles. The van der Waals surface area contributed by atoms with Crippen molar-refractivity contribution < 1.29 is 9.90 Å². The number of nitrogens with two attached hydrogens (primary N) is 1. The summed E-state index contributed by atoms with van der Waals surface area (Å²) in [6.07, 6.45) is 3.29. The minimum Gasteiger partial charge on any atom is -0.395 e. The lowest BCUT2D eigenvalue weighted by Crippen LogP contribution is -2.32. The summed E-state index contributed by atoms with van der Waals surface area (Å²) in [4.78, 5) is 14.9. The van der Waals surface area contributed by atoms with E-state index in [1.807, 2.05) is 0 Å². The minimum absolute atomic E-state index is 0.00311. The zero-order chi connectivity index (χ0) is 12.2. The number of aliphatic hydroxyl groups is 1. The zero-order valence-corrected chi connectivity index (χ0v) is 9.83. The fraction of sp³-hybridized carbons (Fsp3) is 0.800. The van der Waals surface area contributed by atoms with E-state index < -0.39 is 0 Å². The molecule has 0 unspecified atom stereocenters. The van der Waals surface area contributed by atoms with E-state index in [4.69, 9.17) is 10.8 Å². The summed E-state index contributed by atoms with van der Waals surface area (Å²) in [6, 6.07) is 0. The lowest BCUT2D eigenvalue weighted by atomic mass is 10.2. The molecule has 0 aromatic heterocycles. The first-order chi connectivity index (χ1) is 7.70. The van der Waals surface area contributed by atoms with Gasteiger partial charge < -0.3 is 21.5 Å². The normalized spacial score (nSPS) is 11.2. The molecule has 0 aliphatic heterocycles. The number of aliphatic imine (C=N–C) groups is 1. The van der Waals surface area contributed by atoms with Gasteiger partial charge in [0.1, 0.15) is 0 Å². The smallest absolute Gasteiger partial charge is 0.220 e. The zero-order valence-electron chi connectivity index (χ0n) is 9.83. The highest BCUT2D eigenvalue weighted by atomic mass is 16.3. The standard InChI is InChI=1S/C10H22N4O2/c1-12-10(11)14-6-4-2-3-5-9(16)13-7-8-15/h15H,2-8H2,1H3,(H,13,16)(H3,11,12,14). The van der Waals surface area contributed by atoms with Crippen LogP contribution in [0, 0.1) is 0 Å². The number of carbonyl (C=O) groups is 1. The third kappa shape index (κ3) is 9.26. The number of guanidine groups is 1. The molecule has 16 heavy (non-hydrogen) atoms. The van der Waals surface area contributed by atoms with Crippen molar-refractivity contribution in [2.75, 3.05) is 26.7 Å². The Kier molecular flexibility index (Phi) is 9.39. The van der Waals surface area contributed by atoms with E-state index in [9.17, 15) is 4.79 Å². The molecule has 94 valence electrons. The summed E-state index contributed by atoms with van der Waals surface area (Å²) in [5, 5.41) is 14.0. The van der Waals surface area contributed by atoms with Crippen LogP contribution in [0.5, 0.6) is 0 Å². The Bertz CT molecular complexity index is 219. The maximum atomic E-state index is 11.1. The number of hydrogen-bond donors (Lipinski definition) is 4. The van der Waals surface area contributed by atoms with Gasteiger partial charge in [0.15, 0.2) is 5.96 Å². The Labute approximate surface area is 96.3 Å². The van der Waals surface area contributed by atoms with Gasteiger partial charge in [-0.15, -0.1) is 0 Å². The number of unbranched alkanes of at least 4 members (excludes halogenated alkanes) is 2. The molecule has 6 nitrogen and oxygen atoms in total. The van der Waals surface area contributed by atoms with E-state index in [0.29, 0.717) is 18.9 Å². The van der Waals surface area contributed by atoms with Crippen molar-refractivity contribution in [1.82, 2.24) is 10.6 Å². The van der Waals surface area contributed by atoms with Gasteiger partial charge in [-0.05, 0) is 12.8 Å². The Morgan fingerprint density at radius 1 is 1.25 bits per heavy atom. The maximum Gasteiger partial charge on any atom is 0.220 e. The second-order valence-corrected chi connectivity index (χ2v) is 3.42. The first-order valence-electron chi connectivity index (χ1n) is 5.54. The molecule has 0 aliphatic rings. The van der Waals surface area contributed by atoms with E-state index in [-0.39, 0.29) is 12.5 Å². The van der Waals surface area contributed by atoms with Gasteiger partial charge in [-0.25, -0.2) is 0 Å². The molecule has 0 aromatic carbocycles. The van der Waals surface area contributed by atoms with Gasteiger partial charge in [-0.2, -0.15) is 0 Å². The molecule has 1 amide bonds. The van der Waals surface area contributed by atoms with Gasteiger partial charge in [0.05, 0.1) is 6.61 Å². The average molecular weight is 230 g/mol. The predicted molar refractivity (Wildman–Crippen MR) is 64.1 cm³/mol. The van der Waals surface area contributed by atoms with E-state index in [2.05, 4.69) is 15.6 Å². The highest BCUT2D eigenvalue weighted by Crippen LogP contribution is 1.98. The van der Waals surface area contributed by atoms with Crippen LogP contribution in [-0.4, -0.2) is 43.7 Å². The fourth-order valence-electron chi connectivity index (χ4n) is 1.17. The van der Waals surface area contributed by atoms with Crippen LogP contribution in [0.4, 0.5) is 0 Å². The highest BCUT2D eigenvalue weighted by molar-refractivity contribution is 5.77. The summed E-state index contributed by atoms with van der Waals surface area (Å²) in [7, 11) is 1.63. The molecule has 0 atom stereocenters. The van der Waals surface area contributed by atoms with Gasteiger partial charge in [0, 0.05) is 26.6 Å². The molecule has 0 aliphatic carbocycles. The van der Waals surface area contributed by atoms with Crippen molar-refractivity contribution in [1.29, 1.82) is 0 Å². The fourth-order valence-corrected chi connectivity index (χ4v) is 1.17. The monoisotopic (exact) mass is 230 g/mol. The van der Waals surface area contributed by atoms with Crippen LogP contribution in [0.25, 0.3) is 0 Å². The van der Waals surface area contributed by atoms with E-state index in [0.717, 1.165) is 25.8 Å². The molecule has 0 bridgehead atoms. The lowest BCUT2D eigenvalue weighted by Gasteiger charge is -2.05. The van der Waals surface area contributed by atoms with Gasteiger partial charge >= 0.3 is 0 Å². The van der Waals surface area contributed by atoms with Crippen molar-refractivity contribution in [2.24, 2.45) is 10.7 Å². The van der Waals surface area contributed by atoms with Crippen molar-refractivity contribution in [3.05, 3.63) is 0 Å². The minimum atomic E-state index is -0.00864. The predicted octanol–water partition coefficient (Wildman–Crippen LogP) is -0.811. The molecule has 0 rings (SSSR count). The third-order valence-electron chi connectivity index (χ3n) is 2.06. The lowest BCUT2D eigenvalue weighted by molar-refractivity contribution is -0.121. The second kappa shape index (κ2) is 10.2. The van der Waals surface area contributed by atoms with Crippen LogP contribution in [0.2, 0.25) is 0 Å². The summed E-state index contributed by atoms with van der Waals surface area (Å²) in [5.74, 6) is 0.442. The number of rotatable bonds is 8. The van der Waals surface area contributed by atoms with Gasteiger partial charge in [-0.1, -0.05) is 6.42 Å². The largest absolute Gasteiger partial charge is 0.395 e. The number of carbonyl (C=O) groups excluding carboxylic acids is 1. The molecule has 0 fully saturated rings. The maximum absolute atomic E-state index is 11.1. The number of nitrogens with one attached hydrogen (secondary N) is 2. The van der Waals surface area contributed by atoms with Crippen molar-refractivity contribution in [3.8, 4) is 0 Å². The molecule has 0 saturated carbocycles. The van der Waals surface area contributed by atoms with Crippen LogP contribution in [0.15, 0.2) is 4.99 Å². The van der Waals surface area contributed by atoms with E-state index in [1.54, 1.807) is 7.05 Å². The van der Waals surface area contributed by atoms with Crippen LogP contribution >= 0.6 is 0 Å². The number of aliphatic hydroxyl groups excluding tert-OH is 1. The molecular weight excluding hydrogens is 208 g/mol. The van der Waals surface area contributed by atoms with Gasteiger partial charge in [-0.3, -0.25) is 9.79 Å². The quantitative estimate of drug-likeness (QED) is 0.249. The van der Waals surface area contributed by atoms with Crippen molar-refractivity contribution in [2.45, 2.75) is 25.7 Å². The molecule has 0 aromatic rings. The molecule has 5 N–H and O–H groups in total. The third-order valence-corrected chi connectivity index (χ3v) is 2.06. The molecule has 0 spiro atoms. The number of amides is 1. The topological polar surface area (TPSA) is 99.7 Å². The van der Waals surface area contributed by atoms with E-state index >= 15 is 0 Å². The van der Waals surface area contributed by atoms with Crippen molar-refractivity contribution in [3.63, 3.8) is 0 Å². The summed E-state index contributed by atoms with van der Waals surface area (Å²) in [5.41, 5.74) is 5.44. The molecule has 6 heteroatoms. The SMILES string of the molecule is CN=C(N)NCCCCCC(=O)NCCO. The Balaban J connectivity index is 3.23. The van der Waals surface area contributed by atoms with Crippen LogP contribution in [-0.2, 0) is 4.79 Å². The summed E-state index contributed by atoms with van der Waals surface area (Å²) in [6.45, 7) is 1.11. The highest BCUT2D eigenvalue weighted by Gasteiger charge is 1.99. The summed E-state index contributed by atoms with van der Waals surface area (Å²) < 4.78 is 0. The summed E-state index contributed by atoms with van der Waals surface area (Å²) >= 11 is 0. The van der Waals surface area contributed by atoms with Crippen LogP contribution in [0.1, 0.15) is 25.7 Å². The number of hydrogen-bond acceptors (Lipinski definition) is 3. The van der Waals surface area contributed by atoms with Crippen molar-refractivity contribution >= 4 is 11.9 Å². The molecular formula is C10H22N4O2. The number of nitrogens with zero attached hydrogens (tertiary/aromatic N) is 1. The Morgan fingerprint density at radius 2 is 2.00 bits per heavy atom. The van der Waals surface area contributed by atoms with Crippen LogP contribution in [0.3, 0.4) is 0 Å². The average Bonchev–Trinajstić information content (AvgIpc) is 2.30. The Morgan fingerprint density at radius 3 is 2.62 bits per heavy atom. The second-order valence-electron chi connectivity index (χ2n) is 3.42. The molecule has 0 heterocycles. The molecule has 0 radical (unpaired) electrons. The Hall–Kier alpha value is -1.30.